The molecule has 1 aliphatic heterocycles. The van der Waals surface area contributed by atoms with Crippen LogP contribution in [0.2, 0.25) is 0 Å². The summed E-state index contributed by atoms with van der Waals surface area (Å²) < 4.78 is 27.0. The number of aromatic nitrogens is 1. The van der Waals surface area contributed by atoms with Crippen molar-refractivity contribution in [2.45, 2.75) is 49.8 Å². The number of pyridine rings is 1. The number of aliphatic hydroxyl groups excluding tert-OH is 1. The second-order valence-corrected chi connectivity index (χ2v) is 8.45. The average Bonchev–Trinajstić information content (AvgIpc) is 2.85. The minimum atomic E-state index is -4.25. The Balaban J connectivity index is 2.36. The van der Waals surface area contributed by atoms with E-state index in [1.54, 1.807) is 13.0 Å². The van der Waals surface area contributed by atoms with Crippen molar-refractivity contribution in [2.75, 3.05) is 13.1 Å². The minimum Gasteiger partial charge on any atom is -0.390 e. The zero-order chi connectivity index (χ0) is 20.0. The fraction of sp³-hybridized carbons (Fsp3) is 0.588. The number of nitrogens with one attached hydrogen (secondary N) is 1. The van der Waals surface area contributed by atoms with Gasteiger partial charge in [0.25, 0.3) is 10.0 Å². The lowest BCUT2D eigenvalue weighted by molar-refractivity contribution is -0.130. The molecule has 1 aliphatic rings. The number of rotatable bonds is 7. The molecular formula is C17H26N4O5S. The van der Waals surface area contributed by atoms with Gasteiger partial charge >= 0.3 is 0 Å². The Labute approximate surface area is 159 Å². The maximum absolute atomic E-state index is 13.1. The van der Waals surface area contributed by atoms with Crippen LogP contribution in [0.15, 0.2) is 29.4 Å². The molecule has 4 N–H and O–H groups in total. The molecule has 1 fully saturated rings. The topological polar surface area (TPSA) is 143 Å². The Hall–Kier alpha value is -2.04. The molecule has 1 aromatic rings. The quantitative estimate of drug-likeness (QED) is 0.568. The number of nitrogens with two attached hydrogens (primary N) is 1. The number of amides is 2. The van der Waals surface area contributed by atoms with Gasteiger partial charge < -0.3 is 16.2 Å². The summed E-state index contributed by atoms with van der Waals surface area (Å²) in [6.07, 6.45) is 1.19. The first-order valence-corrected chi connectivity index (χ1v) is 10.4. The van der Waals surface area contributed by atoms with E-state index in [4.69, 9.17) is 5.73 Å². The van der Waals surface area contributed by atoms with Crippen molar-refractivity contribution >= 4 is 21.8 Å². The van der Waals surface area contributed by atoms with Gasteiger partial charge in [-0.15, -0.1) is 0 Å². The molecule has 3 atom stereocenters. The highest BCUT2D eigenvalue weighted by molar-refractivity contribution is 7.89. The number of nitrogens with zero attached hydrogens (tertiary/aromatic N) is 2. The molecule has 0 aliphatic carbocycles. The molecule has 9 nitrogen and oxygen atoms in total. The Morgan fingerprint density at radius 2 is 2.19 bits per heavy atom. The highest BCUT2D eigenvalue weighted by Gasteiger charge is 2.40. The Morgan fingerprint density at radius 3 is 2.81 bits per heavy atom. The normalized spacial score (nSPS) is 21.9. The number of carbonyl (C=O) groups excluding carboxylic acids is 2. The highest BCUT2D eigenvalue weighted by Crippen LogP contribution is 2.24. The summed E-state index contributed by atoms with van der Waals surface area (Å²) in [4.78, 5) is 28.0. The molecule has 2 rings (SSSR count). The van der Waals surface area contributed by atoms with E-state index in [2.05, 4.69) is 10.3 Å². The van der Waals surface area contributed by atoms with Crippen molar-refractivity contribution < 1.29 is 23.1 Å². The molecule has 2 heterocycles. The molecule has 0 radical (unpaired) electrons. The van der Waals surface area contributed by atoms with Gasteiger partial charge in [0.2, 0.25) is 11.8 Å². The predicted octanol–water partition coefficient (Wildman–Crippen LogP) is -0.387. The molecule has 0 spiro atoms. The number of aliphatic hydroxyl groups is 1. The zero-order valence-electron chi connectivity index (χ0n) is 15.2. The summed E-state index contributed by atoms with van der Waals surface area (Å²) in [5, 5.41) is 13.2. The third-order valence-corrected chi connectivity index (χ3v) is 6.40. The van der Waals surface area contributed by atoms with Gasteiger partial charge in [0.15, 0.2) is 5.03 Å². The van der Waals surface area contributed by atoms with Crippen molar-refractivity contribution in [1.82, 2.24) is 14.6 Å². The summed E-state index contributed by atoms with van der Waals surface area (Å²) in [6.45, 7) is 2.39. The minimum absolute atomic E-state index is 0.128. The van der Waals surface area contributed by atoms with Crippen LogP contribution < -0.4 is 11.1 Å². The van der Waals surface area contributed by atoms with E-state index in [-0.39, 0.29) is 24.4 Å². The number of hydrogen-bond donors (Lipinski definition) is 3. The van der Waals surface area contributed by atoms with Crippen LogP contribution in [-0.2, 0) is 19.6 Å². The Morgan fingerprint density at radius 1 is 1.44 bits per heavy atom. The molecule has 150 valence electrons. The van der Waals surface area contributed by atoms with Gasteiger partial charge in [0.1, 0.15) is 0 Å². The molecule has 1 saturated heterocycles. The van der Waals surface area contributed by atoms with E-state index >= 15 is 0 Å². The van der Waals surface area contributed by atoms with E-state index < -0.39 is 39.9 Å². The molecular weight excluding hydrogens is 372 g/mol. The molecule has 2 unspecified atom stereocenters. The first-order chi connectivity index (χ1) is 12.7. The third kappa shape index (κ3) is 5.24. The second kappa shape index (κ2) is 9.25. The van der Waals surface area contributed by atoms with Gasteiger partial charge in [-0.3, -0.25) is 9.59 Å². The third-order valence-electron chi connectivity index (χ3n) is 4.64. The summed E-state index contributed by atoms with van der Waals surface area (Å²) >= 11 is 0. The van der Waals surface area contributed by atoms with E-state index in [0.717, 1.165) is 4.31 Å². The van der Waals surface area contributed by atoms with Crippen LogP contribution in [0.1, 0.15) is 32.6 Å². The van der Waals surface area contributed by atoms with E-state index in [1.165, 1.54) is 18.3 Å². The summed E-state index contributed by atoms with van der Waals surface area (Å²) in [5.41, 5.74) is 5.22. The zero-order valence-corrected chi connectivity index (χ0v) is 16.1. The van der Waals surface area contributed by atoms with Crippen molar-refractivity contribution in [3.05, 3.63) is 24.4 Å². The van der Waals surface area contributed by atoms with Crippen LogP contribution in [0.25, 0.3) is 0 Å². The molecule has 1 aromatic heterocycles. The second-order valence-electron chi connectivity index (χ2n) is 6.69. The fourth-order valence-electron chi connectivity index (χ4n) is 2.98. The summed E-state index contributed by atoms with van der Waals surface area (Å²) in [6, 6.07) is 3.50. The van der Waals surface area contributed by atoms with Gasteiger partial charge in [-0.05, 0) is 37.9 Å². The first-order valence-electron chi connectivity index (χ1n) is 8.91. The lowest BCUT2D eigenvalue weighted by atomic mass is 10.0. The van der Waals surface area contributed by atoms with Crippen LogP contribution in [0.3, 0.4) is 0 Å². The number of hydrogen-bond acceptors (Lipinski definition) is 7. The lowest BCUT2D eigenvalue weighted by Crippen LogP contribution is -2.51. The van der Waals surface area contributed by atoms with E-state index in [0.29, 0.717) is 19.4 Å². The fourth-order valence-corrected chi connectivity index (χ4v) is 4.59. The largest absolute Gasteiger partial charge is 0.390 e. The molecule has 0 saturated carbocycles. The van der Waals surface area contributed by atoms with Crippen molar-refractivity contribution in [1.29, 1.82) is 0 Å². The predicted molar refractivity (Wildman–Crippen MR) is 97.8 cm³/mol. The van der Waals surface area contributed by atoms with E-state index in [9.17, 15) is 23.1 Å². The van der Waals surface area contributed by atoms with Crippen molar-refractivity contribution in [3.8, 4) is 0 Å². The summed E-state index contributed by atoms with van der Waals surface area (Å²) in [5.74, 6) is -1.80. The van der Waals surface area contributed by atoms with Crippen LogP contribution in [-0.4, -0.2) is 59.9 Å². The number of primary amides is 1. The van der Waals surface area contributed by atoms with Gasteiger partial charge in [-0.25, -0.2) is 9.29 Å². The Kier molecular flexibility index (Phi) is 7.28. The first kappa shape index (κ1) is 21.3. The van der Waals surface area contributed by atoms with Gasteiger partial charge in [-0.1, -0.05) is 13.0 Å². The monoisotopic (exact) mass is 398 g/mol. The standard InChI is InChI=1S/C17H26N4O5S/c1-12(17(18)24)7-8-16(23)21(13-5-4-9-19-11-14(13)22)27(25,26)15-6-2-3-10-20-15/h2-3,6,10,12-14,19,22H,4-5,7-9,11H2,1H3,(H2,18,24)/t12?,13?,14-/m0/s1. The van der Waals surface area contributed by atoms with Gasteiger partial charge in [0.05, 0.1) is 12.1 Å². The van der Waals surface area contributed by atoms with Crippen LogP contribution >= 0.6 is 0 Å². The SMILES string of the molecule is CC(CCC(=O)N(C1CCCNC[C@@H]1O)S(=O)(=O)c1ccccn1)C(N)=O. The van der Waals surface area contributed by atoms with Crippen molar-refractivity contribution in [2.24, 2.45) is 11.7 Å². The number of β-amino-alcohol motifs (C(OH)–C–C–N with tert-alkyl or cyclic N) is 1. The molecule has 10 heteroatoms. The molecule has 2 amide bonds. The Bertz CT molecular complexity index is 756. The number of carbonyl (C=O) groups is 2. The summed E-state index contributed by atoms with van der Waals surface area (Å²) in [7, 11) is -4.25. The van der Waals surface area contributed by atoms with Crippen LogP contribution in [0, 0.1) is 5.92 Å². The number of sulfonamides is 1. The lowest BCUT2D eigenvalue weighted by Gasteiger charge is -2.33. The maximum Gasteiger partial charge on any atom is 0.284 e. The van der Waals surface area contributed by atoms with Gasteiger partial charge in [0, 0.05) is 25.1 Å². The maximum atomic E-state index is 13.1. The van der Waals surface area contributed by atoms with E-state index in [1.807, 2.05) is 0 Å². The average molecular weight is 398 g/mol. The molecule has 0 aromatic carbocycles. The molecule has 27 heavy (non-hydrogen) atoms. The highest BCUT2D eigenvalue weighted by atomic mass is 32.2. The van der Waals surface area contributed by atoms with Gasteiger partial charge in [-0.2, -0.15) is 8.42 Å². The molecule has 0 bridgehead atoms. The van der Waals surface area contributed by atoms with Crippen LogP contribution in [0.4, 0.5) is 0 Å². The smallest absolute Gasteiger partial charge is 0.284 e. The van der Waals surface area contributed by atoms with Crippen LogP contribution in [0.5, 0.6) is 0 Å². The van der Waals surface area contributed by atoms with Crippen molar-refractivity contribution in [3.63, 3.8) is 0 Å².